The zero-order valence-corrected chi connectivity index (χ0v) is 19.7. The number of carbonyl (C=O) groups excluding carboxylic acids is 2. The van der Waals surface area contributed by atoms with Crippen molar-refractivity contribution < 1.29 is 40.0 Å². The van der Waals surface area contributed by atoms with Crippen molar-refractivity contribution in [1.29, 1.82) is 0 Å². The molecule has 1 unspecified atom stereocenters. The highest BCUT2D eigenvalue weighted by Gasteiger charge is 2.41. The predicted molar refractivity (Wildman–Crippen MR) is 121 cm³/mol. The zero-order valence-electron chi connectivity index (χ0n) is 18.1. The van der Waals surface area contributed by atoms with Crippen LogP contribution >= 0.6 is 11.6 Å². The molecule has 14 heteroatoms. The monoisotopic (exact) mass is 557 g/mol. The molecule has 0 saturated carbocycles. The Morgan fingerprint density at radius 1 is 1.05 bits per heavy atom. The molecule has 2 amide bonds. The highest BCUT2D eigenvalue weighted by Crippen LogP contribution is 2.44. The van der Waals surface area contributed by atoms with E-state index in [4.69, 9.17) is 11.6 Å². The third-order valence-corrected chi connectivity index (χ3v) is 7.77. The normalized spacial score (nSPS) is 17.8. The SMILES string of the molecule is O=C(Nc1cc2c(c3c1C(c1cc(F)ccc1Cl)NC3=O)CNS2(=O)=O)c1cc(F)cc(C(F)(F)F)c1. The number of hydrogen-bond donors (Lipinski definition) is 3. The molecule has 0 fully saturated rings. The lowest BCUT2D eigenvalue weighted by molar-refractivity contribution is -0.137. The zero-order chi connectivity index (χ0) is 26.9. The molecular formula is C23H13ClF5N3O4S. The van der Waals surface area contributed by atoms with Gasteiger partial charge in [0, 0.05) is 39.5 Å². The minimum Gasteiger partial charge on any atom is -0.341 e. The summed E-state index contributed by atoms with van der Waals surface area (Å²) in [7, 11) is -4.08. The van der Waals surface area contributed by atoms with Crippen LogP contribution < -0.4 is 15.4 Å². The Balaban J connectivity index is 1.68. The molecule has 1 atom stereocenters. The Morgan fingerprint density at radius 3 is 2.49 bits per heavy atom. The summed E-state index contributed by atoms with van der Waals surface area (Å²) in [5, 5.41) is 4.92. The minimum atomic E-state index is -4.94. The lowest BCUT2D eigenvalue weighted by Gasteiger charge is -2.19. The van der Waals surface area contributed by atoms with Gasteiger partial charge in [-0.1, -0.05) is 11.6 Å². The van der Waals surface area contributed by atoms with Gasteiger partial charge >= 0.3 is 6.18 Å². The van der Waals surface area contributed by atoms with Crippen LogP contribution in [-0.2, 0) is 22.7 Å². The van der Waals surface area contributed by atoms with Crippen LogP contribution in [0.4, 0.5) is 27.6 Å². The van der Waals surface area contributed by atoms with Crippen molar-refractivity contribution in [2.75, 3.05) is 5.32 Å². The molecule has 3 aromatic carbocycles. The molecule has 37 heavy (non-hydrogen) atoms. The molecule has 2 heterocycles. The van der Waals surface area contributed by atoms with Crippen LogP contribution in [0.1, 0.15) is 49.0 Å². The minimum absolute atomic E-state index is 0.0240. The highest BCUT2D eigenvalue weighted by molar-refractivity contribution is 7.89. The van der Waals surface area contributed by atoms with Crippen LogP contribution in [0.2, 0.25) is 5.02 Å². The van der Waals surface area contributed by atoms with E-state index in [1.807, 2.05) is 0 Å². The summed E-state index contributed by atoms with van der Waals surface area (Å²) in [5.41, 5.74) is -2.32. The van der Waals surface area contributed by atoms with Gasteiger partial charge < -0.3 is 10.6 Å². The molecule has 5 rings (SSSR count). The summed E-state index contributed by atoms with van der Waals surface area (Å²) in [6.07, 6.45) is -4.94. The Morgan fingerprint density at radius 2 is 1.78 bits per heavy atom. The Labute approximate surface area is 210 Å². The molecule has 0 saturated heterocycles. The Bertz CT molecular complexity index is 1630. The molecule has 3 N–H and O–H groups in total. The number of benzene rings is 3. The Hall–Kier alpha value is -3.55. The number of amides is 2. The van der Waals surface area contributed by atoms with Gasteiger partial charge in [-0.3, -0.25) is 9.59 Å². The number of rotatable bonds is 3. The van der Waals surface area contributed by atoms with Crippen LogP contribution in [0, 0.1) is 11.6 Å². The van der Waals surface area contributed by atoms with Crippen LogP contribution in [0.5, 0.6) is 0 Å². The van der Waals surface area contributed by atoms with Gasteiger partial charge in [-0.25, -0.2) is 21.9 Å². The van der Waals surface area contributed by atoms with Crippen molar-refractivity contribution in [3.63, 3.8) is 0 Å². The van der Waals surface area contributed by atoms with Gasteiger partial charge in [-0.15, -0.1) is 0 Å². The molecule has 0 radical (unpaired) electrons. The first-order chi connectivity index (χ1) is 17.3. The smallest absolute Gasteiger partial charge is 0.341 e. The fourth-order valence-electron chi connectivity index (χ4n) is 4.36. The van der Waals surface area contributed by atoms with Gasteiger partial charge in [0.05, 0.1) is 22.1 Å². The largest absolute Gasteiger partial charge is 0.416 e. The molecular weight excluding hydrogens is 545 g/mol. The summed E-state index contributed by atoms with van der Waals surface area (Å²) < 4.78 is 94.7. The number of halogens is 6. The van der Waals surface area contributed by atoms with E-state index in [1.54, 1.807) is 0 Å². The molecule has 0 bridgehead atoms. The highest BCUT2D eigenvalue weighted by atomic mass is 35.5. The first-order valence-corrected chi connectivity index (χ1v) is 12.3. The average Bonchev–Trinajstić information content (AvgIpc) is 3.31. The maximum atomic E-state index is 14.0. The van der Waals surface area contributed by atoms with Crippen LogP contribution in [0.15, 0.2) is 47.4 Å². The maximum Gasteiger partial charge on any atom is 0.416 e. The van der Waals surface area contributed by atoms with E-state index in [9.17, 15) is 40.0 Å². The van der Waals surface area contributed by atoms with E-state index in [-0.39, 0.29) is 50.5 Å². The van der Waals surface area contributed by atoms with Crippen LogP contribution in [0.3, 0.4) is 0 Å². The summed E-state index contributed by atoms with van der Waals surface area (Å²) in [6, 6.07) is 4.45. The number of anilines is 1. The third kappa shape index (κ3) is 4.32. The van der Waals surface area contributed by atoms with Gasteiger partial charge in [-0.05, 0) is 42.5 Å². The van der Waals surface area contributed by atoms with Crippen molar-refractivity contribution in [2.45, 2.75) is 23.7 Å². The van der Waals surface area contributed by atoms with Gasteiger partial charge in [0.15, 0.2) is 0 Å². The van der Waals surface area contributed by atoms with E-state index in [0.29, 0.717) is 12.1 Å². The molecule has 2 aliphatic rings. The fourth-order valence-corrected chi connectivity index (χ4v) is 5.85. The molecule has 0 aromatic heterocycles. The molecule has 0 spiro atoms. The van der Waals surface area contributed by atoms with E-state index in [0.717, 1.165) is 18.2 Å². The molecule has 3 aromatic rings. The number of nitrogens with one attached hydrogen (secondary N) is 3. The Kier molecular flexibility index (Phi) is 5.77. The van der Waals surface area contributed by atoms with Gasteiger partial charge in [0.2, 0.25) is 10.0 Å². The van der Waals surface area contributed by atoms with E-state index in [1.165, 1.54) is 6.07 Å². The number of fused-ring (bicyclic) bond motifs is 3. The standard InChI is InChI=1S/C23H13ClF5N3O4S/c24-15-2-1-11(25)6-13(15)20-19-16(7-17-14(8-30-37(17,35)36)18(19)22(34)32-20)31-21(33)9-3-10(23(27,28)29)5-12(26)4-9/h1-7,20,30H,8H2,(H,31,33)(H,32,34). The summed E-state index contributed by atoms with van der Waals surface area (Å²) >= 11 is 6.22. The van der Waals surface area contributed by atoms with Crippen molar-refractivity contribution >= 4 is 39.1 Å². The van der Waals surface area contributed by atoms with Gasteiger partial charge in [-0.2, -0.15) is 13.2 Å². The average molecular weight is 558 g/mol. The van der Waals surface area contributed by atoms with Gasteiger partial charge in [0.25, 0.3) is 11.8 Å². The number of carbonyl (C=O) groups is 2. The van der Waals surface area contributed by atoms with Crippen molar-refractivity contribution in [2.24, 2.45) is 0 Å². The number of alkyl halides is 3. The second-order valence-electron chi connectivity index (χ2n) is 8.27. The lowest BCUT2D eigenvalue weighted by atomic mass is 9.93. The lowest BCUT2D eigenvalue weighted by Crippen LogP contribution is -2.21. The van der Waals surface area contributed by atoms with Gasteiger partial charge in [0.1, 0.15) is 11.6 Å². The van der Waals surface area contributed by atoms with Crippen molar-refractivity contribution in [1.82, 2.24) is 10.0 Å². The topological polar surface area (TPSA) is 104 Å². The van der Waals surface area contributed by atoms with Crippen LogP contribution in [-0.4, -0.2) is 20.2 Å². The first-order valence-electron chi connectivity index (χ1n) is 10.4. The molecule has 7 nitrogen and oxygen atoms in total. The van der Waals surface area contributed by atoms with E-state index < -0.39 is 56.8 Å². The second kappa shape index (κ2) is 8.50. The summed E-state index contributed by atoms with van der Waals surface area (Å²) in [6.45, 7) is -0.246. The summed E-state index contributed by atoms with van der Waals surface area (Å²) in [4.78, 5) is 25.6. The van der Waals surface area contributed by atoms with Crippen LogP contribution in [0.25, 0.3) is 0 Å². The number of sulfonamides is 1. The van der Waals surface area contributed by atoms with E-state index >= 15 is 0 Å². The summed E-state index contributed by atoms with van der Waals surface area (Å²) in [5.74, 6) is -3.97. The molecule has 2 aliphatic heterocycles. The second-order valence-corrected chi connectivity index (χ2v) is 10.4. The number of hydrogen-bond acceptors (Lipinski definition) is 4. The fraction of sp³-hybridized carbons (Fsp3) is 0.130. The molecule has 192 valence electrons. The van der Waals surface area contributed by atoms with E-state index in [2.05, 4.69) is 15.4 Å². The first kappa shape index (κ1) is 25.1. The quantitative estimate of drug-likeness (QED) is 0.412. The molecule has 0 aliphatic carbocycles. The third-order valence-electron chi connectivity index (χ3n) is 5.96. The maximum absolute atomic E-state index is 14.0. The predicted octanol–water partition coefficient (Wildman–Crippen LogP) is 4.51. The van der Waals surface area contributed by atoms with Crippen molar-refractivity contribution in [3.05, 3.63) is 92.5 Å². The van der Waals surface area contributed by atoms with Crippen molar-refractivity contribution in [3.8, 4) is 0 Å².